The van der Waals surface area contributed by atoms with Crippen molar-refractivity contribution >= 4 is 35.3 Å². The lowest BCUT2D eigenvalue weighted by Crippen LogP contribution is -1.95. The van der Waals surface area contributed by atoms with Crippen LogP contribution in [0.4, 0.5) is 0 Å². The lowest BCUT2D eigenvalue weighted by Gasteiger charge is -1.89. The van der Waals surface area contributed by atoms with Crippen molar-refractivity contribution in [3.05, 3.63) is 0 Å². The fourth-order valence-corrected chi connectivity index (χ4v) is 0.610. The molecule has 3 radical (unpaired) electrons. The number of esters is 3. The standard InChI is InChI=1S/3C4H8O2.Al/c3*1-3-6-4(2)5;/h3*3H2,1-2H3;. The average Bonchev–Trinajstić information content (AvgIpc) is 2.18. The first kappa shape index (κ1) is 26.5. The number of carbonyl (C=O) groups excluding carboxylic acids is 3. The molecule has 0 saturated heterocycles. The number of rotatable bonds is 3. The molecule has 0 rings (SSSR count). The van der Waals surface area contributed by atoms with Crippen LogP contribution in [0.3, 0.4) is 0 Å². The van der Waals surface area contributed by atoms with Gasteiger partial charge in [0.1, 0.15) is 0 Å². The molecule has 7 heteroatoms. The molecule has 19 heavy (non-hydrogen) atoms. The van der Waals surface area contributed by atoms with Gasteiger partial charge in [0.25, 0.3) is 0 Å². The maximum Gasteiger partial charge on any atom is 0.302 e. The van der Waals surface area contributed by atoms with Gasteiger partial charge in [0, 0.05) is 38.1 Å². The third kappa shape index (κ3) is 60.0. The highest BCUT2D eigenvalue weighted by atomic mass is 27.0. The Labute approximate surface area is 125 Å². The van der Waals surface area contributed by atoms with Gasteiger partial charge in [-0.1, -0.05) is 0 Å². The summed E-state index contributed by atoms with van der Waals surface area (Å²) in [7, 11) is 0. The van der Waals surface area contributed by atoms with E-state index in [0.717, 1.165) is 0 Å². The molecule has 0 heterocycles. The SMILES string of the molecule is CCOC(C)=O.CCOC(C)=O.CCOC(C)=O.[Al]. The van der Waals surface area contributed by atoms with E-state index >= 15 is 0 Å². The van der Waals surface area contributed by atoms with Gasteiger partial charge in [-0.2, -0.15) is 0 Å². The van der Waals surface area contributed by atoms with E-state index in [4.69, 9.17) is 0 Å². The molecule has 111 valence electrons. The van der Waals surface area contributed by atoms with Crippen molar-refractivity contribution < 1.29 is 28.6 Å². The van der Waals surface area contributed by atoms with Gasteiger partial charge >= 0.3 is 17.9 Å². The second-order valence-corrected chi connectivity index (χ2v) is 2.77. The lowest BCUT2D eigenvalue weighted by atomic mass is 10.8. The first-order valence-electron chi connectivity index (χ1n) is 5.71. The Morgan fingerprint density at radius 1 is 0.632 bits per heavy atom. The van der Waals surface area contributed by atoms with Crippen LogP contribution in [-0.2, 0) is 28.6 Å². The predicted octanol–water partition coefficient (Wildman–Crippen LogP) is 1.33. The molecular formula is C12H24AlO6. The van der Waals surface area contributed by atoms with Crippen LogP contribution in [0.2, 0.25) is 0 Å². The van der Waals surface area contributed by atoms with Gasteiger partial charge in [-0.3, -0.25) is 14.4 Å². The van der Waals surface area contributed by atoms with Crippen molar-refractivity contribution in [2.24, 2.45) is 0 Å². The molecule has 0 aliphatic rings. The zero-order chi connectivity index (χ0) is 15.0. The summed E-state index contributed by atoms with van der Waals surface area (Å²) >= 11 is 0. The van der Waals surface area contributed by atoms with Gasteiger partial charge in [0.15, 0.2) is 0 Å². The summed E-state index contributed by atoms with van der Waals surface area (Å²) in [5.41, 5.74) is 0. The molecule has 0 saturated carbocycles. The normalized spacial score (nSPS) is 7.26. The molecular weight excluding hydrogens is 267 g/mol. The molecule has 0 fully saturated rings. The smallest absolute Gasteiger partial charge is 0.302 e. The van der Waals surface area contributed by atoms with Crippen LogP contribution in [0.25, 0.3) is 0 Å². The molecule has 0 atom stereocenters. The summed E-state index contributed by atoms with van der Waals surface area (Å²) in [6.45, 7) is 11.0. The van der Waals surface area contributed by atoms with Crippen LogP contribution in [0, 0.1) is 0 Å². The first-order chi connectivity index (χ1) is 8.31. The molecule has 0 unspecified atom stereocenters. The molecule has 0 aromatic heterocycles. The summed E-state index contributed by atoms with van der Waals surface area (Å²) < 4.78 is 13.2. The van der Waals surface area contributed by atoms with Crippen molar-refractivity contribution in [3.63, 3.8) is 0 Å². The van der Waals surface area contributed by atoms with Gasteiger partial charge in [0.2, 0.25) is 0 Å². The van der Waals surface area contributed by atoms with Crippen LogP contribution < -0.4 is 0 Å². The van der Waals surface area contributed by atoms with Gasteiger partial charge < -0.3 is 14.2 Å². The van der Waals surface area contributed by atoms with Crippen molar-refractivity contribution in [2.75, 3.05) is 19.8 Å². The highest BCUT2D eigenvalue weighted by molar-refractivity contribution is 5.75. The van der Waals surface area contributed by atoms with Crippen LogP contribution in [0.15, 0.2) is 0 Å². The van der Waals surface area contributed by atoms with Gasteiger partial charge in [-0.25, -0.2) is 0 Å². The molecule has 0 N–H and O–H groups in total. The quantitative estimate of drug-likeness (QED) is 0.443. The fraction of sp³-hybridized carbons (Fsp3) is 0.750. The molecule has 0 bridgehead atoms. The van der Waals surface area contributed by atoms with Crippen molar-refractivity contribution in [1.29, 1.82) is 0 Å². The molecule has 0 aromatic carbocycles. The summed E-state index contributed by atoms with van der Waals surface area (Å²) in [5, 5.41) is 0. The van der Waals surface area contributed by atoms with E-state index in [9.17, 15) is 14.4 Å². The van der Waals surface area contributed by atoms with Crippen molar-refractivity contribution in [3.8, 4) is 0 Å². The Morgan fingerprint density at radius 2 is 0.789 bits per heavy atom. The van der Waals surface area contributed by atoms with Crippen molar-refractivity contribution in [1.82, 2.24) is 0 Å². The zero-order valence-electron chi connectivity index (χ0n) is 12.6. The molecule has 0 amide bonds. The summed E-state index contributed by atoms with van der Waals surface area (Å²) in [6.07, 6.45) is 0. The second-order valence-electron chi connectivity index (χ2n) is 2.77. The van der Waals surface area contributed by atoms with E-state index in [2.05, 4.69) is 14.2 Å². The Morgan fingerprint density at radius 3 is 0.789 bits per heavy atom. The van der Waals surface area contributed by atoms with Gasteiger partial charge in [-0.15, -0.1) is 0 Å². The minimum absolute atomic E-state index is 0. The molecule has 6 nitrogen and oxygen atoms in total. The maximum absolute atomic E-state index is 9.82. The topological polar surface area (TPSA) is 78.9 Å². The summed E-state index contributed by atoms with van der Waals surface area (Å²) in [5.74, 6) is -0.632. The minimum Gasteiger partial charge on any atom is -0.466 e. The fourth-order valence-electron chi connectivity index (χ4n) is 0.610. The molecule has 0 spiro atoms. The van der Waals surface area contributed by atoms with E-state index < -0.39 is 0 Å². The highest BCUT2D eigenvalue weighted by Crippen LogP contribution is 1.70. The number of hydrogen-bond acceptors (Lipinski definition) is 6. The van der Waals surface area contributed by atoms with Crippen LogP contribution >= 0.6 is 0 Å². The monoisotopic (exact) mass is 291 g/mol. The summed E-state index contributed by atoms with van der Waals surface area (Å²) in [4.78, 5) is 29.5. The zero-order valence-corrected chi connectivity index (χ0v) is 13.8. The largest absolute Gasteiger partial charge is 0.466 e. The summed E-state index contributed by atoms with van der Waals surface area (Å²) in [6, 6.07) is 0. The van der Waals surface area contributed by atoms with Crippen LogP contribution in [-0.4, -0.2) is 55.1 Å². The van der Waals surface area contributed by atoms with E-state index in [1.807, 2.05) is 0 Å². The molecule has 0 aliphatic heterocycles. The Kier molecular flexibility index (Phi) is 30.9. The molecule has 0 aliphatic carbocycles. The van der Waals surface area contributed by atoms with E-state index in [0.29, 0.717) is 19.8 Å². The van der Waals surface area contributed by atoms with Gasteiger partial charge in [0.05, 0.1) is 19.8 Å². The Hall–Kier alpha value is -1.06. The number of ether oxygens (including phenoxy) is 3. The van der Waals surface area contributed by atoms with E-state index in [1.165, 1.54) is 20.8 Å². The maximum atomic E-state index is 9.82. The van der Waals surface area contributed by atoms with Crippen LogP contribution in [0.5, 0.6) is 0 Å². The van der Waals surface area contributed by atoms with Gasteiger partial charge in [-0.05, 0) is 20.8 Å². The van der Waals surface area contributed by atoms with Crippen LogP contribution in [0.1, 0.15) is 41.5 Å². The average molecular weight is 291 g/mol. The predicted molar refractivity (Wildman–Crippen MR) is 72.7 cm³/mol. The Balaban J connectivity index is -0.0000000865. The second kappa shape index (κ2) is 22.2. The number of carbonyl (C=O) groups is 3. The third-order valence-electron chi connectivity index (χ3n) is 1.04. The van der Waals surface area contributed by atoms with E-state index in [-0.39, 0.29) is 35.3 Å². The third-order valence-corrected chi connectivity index (χ3v) is 1.04. The molecule has 0 aromatic rings. The lowest BCUT2D eigenvalue weighted by molar-refractivity contribution is -0.141. The first-order valence-corrected chi connectivity index (χ1v) is 5.71. The Bertz CT molecular complexity index is 192. The van der Waals surface area contributed by atoms with E-state index in [1.54, 1.807) is 20.8 Å². The highest BCUT2D eigenvalue weighted by Gasteiger charge is 1.82. The minimum atomic E-state index is -0.211. The number of hydrogen-bond donors (Lipinski definition) is 0. The van der Waals surface area contributed by atoms with Crippen molar-refractivity contribution in [2.45, 2.75) is 41.5 Å².